The largest absolute Gasteiger partial charge is 0.437 e. The third-order valence-corrected chi connectivity index (χ3v) is 6.07. The fourth-order valence-electron chi connectivity index (χ4n) is 3.98. The van der Waals surface area contributed by atoms with Crippen LogP contribution in [0.3, 0.4) is 0 Å². The smallest absolute Gasteiger partial charge is 0.222 e. The summed E-state index contributed by atoms with van der Waals surface area (Å²) in [5, 5.41) is 15.9. The monoisotopic (exact) mass is 469 g/mol. The zero-order valence-corrected chi connectivity index (χ0v) is 20.0. The number of benzene rings is 2. The summed E-state index contributed by atoms with van der Waals surface area (Å²) in [5.74, 6) is 1.92. The lowest BCUT2D eigenvalue weighted by Gasteiger charge is -2.25. The van der Waals surface area contributed by atoms with Crippen molar-refractivity contribution in [2.45, 2.75) is 32.4 Å². The average Bonchev–Trinajstić information content (AvgIpc) is 3.58. The van der Waals surface area contributed by atoms with E-state index in [4.69, 9.17) is 26.2 Å². The second-order valence-electron chi connectivity index (χ2n) is 8.61. The van der Waals surface area contributed by atoms with Gasteiger partial charge >= 0.3 is 0 Å². The van der Waals surface area contributed by atoms with E-state index in [9.17, 15) is 5.11 Å². The highest BCUT2D eigenvalue weighted by atomic mass is 35.5. The van der Waals surface area contributed by atoms with Crippen LogP contribution in [0.25, 0.3) is 11.3 Å². The Labute approximate surface area is 200 Å². The van der Waals surface area contributed by atoms with Gasteiger partial charge in [-0.1, -0.05) is 54.1 Å². The van der Waals surface area contributed by atoms with E-state index in [0.29, 0.717) is 48.9 Å². The lowest BCUT2D eigenvalue weighted by atomic mass is 10.1. The van der Waals surface area contributed by atoms with Crippen molar-refractivity contribution in [1.29, 1.82) is 0 Å². The normalized spacial score (nSPS) is 14.6. The second kappa shape index (κ2) is 11.2. The first kappa shape index (κ1) is 23.8. The van der Waals surface area contributed by atoms with Crippen molar-refractivity contribution in [3.8, 4) is 22.9 Å². The van der Waals surface area contributed by atoms with Crippen LogP contribution in [0.15, 0.2) is 54.6 Å². The first-order valence-corrected chi connectivity index (χ1v) is 11.9. The van der Waals surface area contributed by atoms with Crippen molar-refractivity contribution in [2.75, 3.05) is 26.3 Å². The number of aryl methyl sites for hydroxylation is 1. The highest BCUT2D eigenvalue weighted by Gasteiger charge is 2.28. The maximum absolute atomic E-state index is 10.6. The van der Waals surface area contributed by atoms with Gasteiger partial charge in [-0.3, -0.25) is 4.90 Å². The van der Waals surface area contributed by atoms with Gasteiger partial charge in [-0.15, -0.1) is 0 Å². The van der Waals surface area contributed by atoms with E-state index < -0.39 is 6.10 Å². The summed E-state index contributed by atoms with van der Waals surface area (Å²) in [6.07, 6.45) is 1.92. The zero-order chi connectivity index (χ0) is 23.2. The van der Waals surface area contributed by atoms with E-state index in [1.807, 2.05) is 56.4 Å². The van der Waals surface area contributed by atoms with Crippen molar-refractivity contribution in [3.63, 3.8) is 0 Å². The molecule has 1 saturated carbocycles. The number of aliphatic hydroxyl groups excluding tert-OH is 1. The number of aromatic nitrogens is 2. The van der Waals surface area contributed by atoms with Gasteiger partial charge in [0, 0.05) is 38.9 Å². The number of hydrogen-bond acceptors (Lipinski definition) is 5. The minimum absolute atomic E-state index is 0.333. The Morgan fingerprint density at radius 2 is 1.88 bits per heavy atom. The molecule has 0 bridgehead atoms. The molecule has 1 atom stereocenters. The maximum atomic E-state index is 10.6. The maximum Gasteiger partial charge on any atom is 0.222 e. The molecule has 1 aliphatic carbocycles. The quantitative estimate of drug-likeness (QED) is 0.398. The van der Waals surface area contributed by atoms with E-state index in [1.54, 1.807) is 4.68 Å². The van der Waals surface area contributed by atoms with Crippen LogP contribution in [-0.4, -0.2) is 52.2 Å². The Morgan fingerprint density at radius 1 is 1.15 bits per heavy atom. The van der Waals surface area contributed by atoms with Gasteiger partial charge in [-0.05, 0) is 37.8 Å². The van der Waals surface area contributed by atoms with Gasteiger partial charge in [0.25, 0.3) is 0 Å². The van der Waals surface area contributed by atoms with Crippen molar-refractivity contribution in [2.24, 2.45) is 13.0 Å². The first-order chi connectivity index (χ1) is 16.0. The summed E-state index contributed by atoms with van der Waals surface area (Å²) in [4.78, 5) is 2.30. The molecule has 4 rings (SSSR count). The third-order valence-electron chi connectivity index (χ3n) is 5.76. The summed E-state index contributed by atoms with van der Waals surface area (Å²) in [5.41, 5.74) is 2.88. The van der Waals surface area contributed by atoms with Crippen molar-refractivity contribution in [3.05, 3.63) is 65.2 Å². The summed E-state index contributed by atoms with van der Waals surface area (Å²) < 4.78 is 13.5. The fourth-order valence-corrected chi connectivity index (χ4v) is 4.15. The first-order valence-electron chi connectivity index (χ1n) is 11.6. The van der Waals surface area contributed by atoms with Gasteiger partial charge < -0.3 is 14.6 Å². The zero-order valence-electron chi connectivity index (χ0n) is 19.3. The van der Waals surface area contributed by atoms with E-state index in [-0.39, 0.29) is 0 Å². The summed E-state index contributed by atoms with van der Waals surface area (Å²) >= 11 is 6.39. The Hall–Kier alpha value is -2.38. The molecule has 0 amide bonds. The third kappa shape index (κ3) is 6.36. The average molecular weight is 470 g/mol. The van der Waals surface area contributed by atoms with Crippen molar-refractivity contribution < 1.29 is 14.6 Å². The molecular weight excluding hydrogens is 438 g/mol. The molecule has 1 fully saturated rings. The highest BCUT2D eigenvalue weighted by molar-refractivity contribution is 6.32. The molecule has 0 aliphatic heterocycles. The molecule has 1 aromatic heterocycles. The van der Waals surface area contributed by atoms with Crippen molar-refractivity contribution in [1.82, 2.24) is 14.7 Å². The van der Waals surface area contributed by atoms with E-state index >= 15 is 0 Å². The lowest BCUT2D eigenvalue weighted by Crippen LogP contribution is -2.36. The fraction of sp³-hybridized carbons (Fsp3) is 0.423. The Kier molecular flexibility index (Phi) is 8.04. The molecule has 6 nitrogen and oxygen atoms in total. The van der Waals surface area contributed by atoms with E-state index in [1.165, 1.54) is 12.8 Å². The Balaban J connectivity index is 1.67. The number of ether oxygens (including phenoxy) is 2. The predicted octanol–water partition coefficient (Wildman–Crippen LogP) is 5.14. The molecule has 0 unspecified atom stereocenters. The van der Waals surface area contributed by atoms with E-state index in [2.05, 4.69) is 17.0 Å². The minimum Gasteiger partial charge on any atom is -0.437 e. The molecule has 1 aliphatic rings. The summed E-state index contributed by atoms with van der Waals surface area (Å²) in [6.45, 7) is 4.94. The number of hydrogen-bond donors (Lipinski definition) is 1. The molecule has 176 valence electrons. The molecule has 33 heavy (non-hydrogen) atoms. The molecule has 1 heterocycles. The highest BCUT2D eigenvalue weighted by Crippen LogP contribution is 2.37. The number of rotatable bonds is 12. The standard InChI is InChI=1S/C26H32ClN3O3/c1-3-32-18-21(31)16-30(15-19-13-14-19)17-22-25(20-9-5-4-6-10-20)28-29(2)26(22)33-24-12-8-7-11-23(24)27/h4-12,19,21,31H,3,13-18H2,1-2H3/t21-/m0/s1. The topological polar surface area (TPSA) is 59.8 Å². The SMILES string of the molecule is CCOC[C@@H](O)CN(Cc1c(-c2ccccc2)nn(C)c1Oc1ccccc1Cl)CC1CC1. The molecule has 3 aromatic rings. The second-order valence-corrected chi connectivity index (χ2v) is 9.01. The van der Waals surface area contributed by atoms with Crippen LogP contribution >= 0.6 is 11.6 Å². The van der Waals surface area contributed by atoms with Gasteiger partial charge in [-0.2, -0.15) is 5.10 Å². The Morgan fingerprint density at radius 3 is 2.58 bits per heavy atom. The molecule has 1 N–H and O–H groups in total. The molecular formula is C26H32ClN3O3. The van der Waals surface area contributed by atoms with Gasteiger partial charge in [0.2, 0.25) is 5.88 Å². The van der Waals surface area contributed by atoms with Crippen molar-refractivity contribution >= 4 is 11.6 Å². The van der Waals surface area contributed by atoms with Gasteiger partial charge in [-0.25, -0.2) is 4.68 Å². The van der Waals surface area contributed by atoms with Gasteiger partial charge in [0.1, 0.15) is 11.4 Å². The van der Waals surface area contributed by atoms with Gasteiger partial charge in [0.05, 0.1) is 23.3 Å². The number of aliphatic hydroxyl groups is 1. The molecule has 7 heteroatoms. The van der Waals surface area contributed by atoms with Crippen LogP contribution in [0.5, 0.6) is 11.6 Å². The van der Waals surface area contributed by atoms with Crippen LogP contribution in [-0.2, 0) is 18.3 Å². The van der Waals surface area contributed by atoms with Crippen LogP contribution in [0.2, 0.25) is 5.02 Å². The lowest BCUT2D eigenvalue weighted by molar-refractivity contribution is 0.0186. The molecule has 0 saturated heterocycles. The number of halogens is 1. The van der Waals surface area contributed by atoms with Crippen LogP contribution in [0.4, 0.5) is 0 Å². The number of para-hydroxylation sites is 1. The van der Waals surface area contributed by atoms with E-state index in [0.717, 1.165) is 23.4 Å². The minimum atomic E-state index is -0.548. The molecule has 0 radical (unpaired) electrons. The summed E-state index contributed by atoms with van der Waals surface area (Å²) in [6, 6.07) is 17.6. The molecule has 0 spiro atoms. The van der Waals surface area contributed by atoms with Gasteiger partial charge in [0.15, 0.2) is 0 Å². The van der Waals surface area contributed by atoms with Crippen LogP contribution in [0, 0.1) is 5.92 Å². The predicted molar refractivity (Wildman–Crippen MR) is 131 cm³/mol. The molecule has 2 aromatic carbocycles. The van der Waals surface area contributed by atoms with Crippen LogP contribution in [0.1, 0.15) is 25.3 Å². The summed E-state index contributed by atoms with van der Waals surface area (Å²) in [7, 11) is 1.89. The number of nitrogens with zero attached hydrogens (tertiary/aromatic N) is 3. The van der Waals surface area contributed by atoms with Crippen LogP contribution < -0.4 is 4.74 Å². The Bertz CT molecular complexity index is 1040.